The van der Waals surface area contributed by atoms with E-state index in [-0.39, 0.29) is 12.3 Å². The number of rotatable bonds is 4. The van der Waals surface area contributed by atoms with Gasteiger partial charge in [-0.3, -0.25) is 4.79 Å². The largest absolute Gasteiger partial charge is 0.480 e. The van der Waals surface area contributed by atoms with Crippen molar-refractivity contribution in [3.05, 3.63) is 30.1 Å². The van der Waals surface area contributed by atoms with Gasteiger partial charge in [-0.1, -0.05) is 0 Å². The van der Waals surface area contributed by atoms with E-state index in [1.54, 1.807) is 24.2 Å². The topological polar surface area (TPSA) is 95.1 Å². The van der Waals surface area contributed by atoms with Gasteiger partial charge < -0.3 is 15.4 Å². The van der Waals surface area contributed by atoms with Crippen LogP contribution in [0.1, 0.15) is 18.4 Å². The van der Waals surface area contributed by atoms with Crippen LogP contribution in [0.15, 0.2) is 24.5 Å². The minimum Gasteiger partial charge on any atom is -0.480 e. The minimum atomic E-state index is -1.12. The lowest BCUT2D eigenvalue weighted by Gasteiger charge is -2.33. The molecule has 3 N–H and O–H groups in total. The molecule has 1 aliphatic rings. The van der Waals surface area contributed by atoms with Crippen LogP contribution in [-0.4, -0.2) is 44.0 Å². The van der Waals surface area contributed by atoms with Crippen molar-refractivity contribution in [2.45, 2.75) is 24.8 Å². The number of hydrogen-bond acceptors (Lipinski definition) is 4. The van der Waals surface area contributed by atoms with E-state index in [1.807, 2.05) is 12.1 Å². The highest BCUT2D eigenvalue weighted by Crippen LogP contribution is 2.27. The van der Waals surface area contributed by atoms with Gasteiger partial charge in [0.05, 0.1) is 6.42 Å². The first-order chi connectivity index (χ1) is 10.6. The lowest BCUT2D eigenvalue weighted by Crippen LogP contribution is -2.56. The molecule has 0 saturated carbocycles. The van der Waals surface area contributed by atoms with E-state index >= 15 is 0 Å². The number of carboxylic acid groups (broad SMARTS) is 1. The highest BCUT2D eigenvalue weighted by Gasteiger charge is 2.41. The number of hydrogen-bond donors (Lipinski definition) is 3. The standard InChI is InChI=1S/C15H17N3O3S/c19-12(18-15(14(20)21)3-6-22-7-4-15)8-10-9-17-13-11(10)2-1-5-16-13/h1-2,5,9H,3-4,6-8H2,(H,16,17)(H,18,19)(H,20,21). The molecule has 0 atom stereocenters. The summed E-state index contributed by atoms with van der Waals surface area (Å²) >= 11 is 1.72. The predicted molar refractivity (Wildman–Crippen MR) is 84.9 cm³/mol. The molecule has 0 unspecified atom stereocenters. The van der Waals surface area contributed by atoms with Gasteiger partial charge in [0.25, 0.3) is 0 Å². The van der Waals surface area contributed by atoms with Crippen LogP contribution in [0, 0.1) is 0 Å². The second kappa shape index (κ2) is 6.00. The van der Waals surface area contributed by atoms with Crippen molar-refractivity contribution in [1.29, 1.82) is 0 Å². The molecule has 0 radical (unpaired) electrons. The third kappa shape index (κ3) is 2.81. The molecule has 7 heteroatoms. The first-order valence-electron chi connectivity index (χ1n) is 7.14. The number of nitrogens with one attached hydrogen (secondary N) is 2. The Balaban J connectivity index is 1.75. The molecule has 0 aliphatic carbocycles. The molecule has 2 aromatic heterocycles. The molecule has 3 heterocycles. The molecule has 1 saturated heterocycles. The second-order valence-electron chi connectivity index (χ2n) is 5.44. The molecule has 116 valence electrons. The number of nitrogens with zero attached hydrogens (tertiary/aromatic N) is 1. The number of aromatic nitrogens is 2. The van der Waals surface area contributed by atoms with Crippen molar-refractivity contribution < 1.29 is 14.7 Å². The third-order valence-electron chi connectivity index (χ3n) is 4.02. The van der Waals surface area contributed by atoms with Crippen molar-refractivity contribution in [3.63, 3.8) is 0 Å². The van der Waals surface area contributed by atoms with Crippen LogP contribution in [0.25, 0.3) is 11.0 Å². The highest BCUT2D eigenvalue weighted by atomic mass is 32.2. The summed E-state index contributed by atoms with van der Waals surface area (Å²) in [6.45, 7) is 0. The lowest BCUT2D eigenvalue weighted by molar-refractivity contribution is -0.148. The Hall–Kier alpha value is -2.02. The highest BCUT2D eigenvalue weighted by molar-refractivity contribution is 7.99. The van der Waals surface area contributed by atoms with E-state index in [0.29, 0.717) is 12.8 Å². The number of thioether (sulfide) groups is 1. The summed E-state index contributed by atoms with van der Waals surface area (Å²) in [6, 6.07) is 3.71. The van der Waals surface area contributed by atoms with Crippen molar-refractivity contribution in [2.24, 2.45) is 0 Å². The molecule has 22 heavy (non-hydrogen) atoms. The molecule has 0 aromatic carbocycles. The second-order valence-corrected chi connectivity index (χ2v) is 6.66. The molecule has 1 fully saturated rings. The number of carboxylic acids is 1. The fourth-order valence-electron chi connectivity index (χ4n) is 2.76. The lowest BCUT2D eigenvalue weighted by atomic mass is 9.92. The fourth-order valence-corrected chi connectivity index (χ4v) is 3.94. The summed E-state index contributed by atoms with van der Waals surface area (Å²) in [6.07, 6.45) is 4.51. The van der Waals surface area contributed by atoms with Gasteiger partial charge in [-0.25, -0.2) is 9.78 Å². The van der Waals surface area contributed by atoms with E-state index in [0.717, 1.165) is 28.1 Å². The van der Waals surface area contributed by atoms with E-state index in [2.05, 4.69) is 15.3 Å². The molecule has 2 aromatic rings. The number of carbonyl (C=O) groups is 2. The number of amides is 1. The van der Waals surface area contributed by atoms with Crippen LogP contribution in [0.3, 0.4) is 0 Å². The van der Waals surface area contributed by atoms with E-state index in [9.17, 15) is 14.7 Å². The SMILES string of the molecule is O=C(Cc1c[nH]c2ncccc12)NC1(C(=O)O)CCSCC1. The number of pyridine rings is 1. The monoisotopic (exact) mass is 319 g/mol. The first kappa shape index (κ1) is 14.9. The smallest absolute Gasteiger partial charge is 0.329 e. The summed E-state index contributed by atoms with van der Waals surface area (Å²) in [4.78, 5) is 31.1. The zero-order valence-corrected chi connectivity index (χ0v) is 12.8. The van der Waals surface area contributed by atoms with Gasteiger partial charge >= 0.3 is 5.97 Å². The molecular formula is C15H17N3O3S. The third-order valence-corrected chi connectivity index (χ3v) is 5.01. The zero-order chi connectivity index (χ0) is 15.6. The van der Waals surface area contributed by atoms with Crippen LogP contribution in [0.2, 0.25) is 0 Å². The Labute approximate surface area is 131 Å². The Bertz CT molecular complexity index is 707. The number of carbonyl (C=O) groups excluding carboxylic acids is 1. The maximum Gasteiger partial charge on any atom is 0.329 e. The fraction of sp³-hybridized carbons (Fsp3) is 0.400. The van der Waals surface area contributed by atoms with Crippen molar-refractivity contribution in [1.82, 2.24) is 15.3 Å². The summed E-state index contributed by atoms with van der Waals surface area (Å²) in [7, 11) is 0. The maximum absolute atomic E-state index is 12.3. The van der Waals surface area contributed by atoms with Crippen LogP contribution < -0.4 is 5.32 Å². The van der Waals surface area contributed by atoms with Gasteiger partial charge in [-0.05, 0) is 42.0 Å². The van der Waals surface area contributed by atoms with Crippen LogP contribution >= 0.6 is 11.8 Å². The number of fused-ring (bicyclic) bond motifs is 1. The maximum atomic E-state index is 12.3. The van der Waals surface area contributed by atoms with Gasteiger partial charge in [-0.2, -0.15) is 11.8 Å². The van der Waals surface area contributed by atoms with Gasteiger partial charge in [-0.15, -0.1) is 0 Å². The summed E-state index contributed by atoms with van der Waals surface area (Å²) in [5.74, 6) is 0.300. The van der Waals surface area contributed by atoms with Crippen molar-refractivity contribution in [3.8, 4) is 0 Å². The Morgan fingerprint density at radius 1 is 1.41 bits per heavy atom. The molecular weight excluding hydrogens is 302 g/mol. The molecule has 1 aliphatic heterocycles. The molecule has 3 rings (SSSR count). The van der Waals surface area contributed by atoms with E-state index in [1.165, 1.54) is 0 Å². The first-order valence-corrected chi connectivity index (χ1v) is 8.29. The zero-order valence-electron chi connectivity index (χ0n) is 12.0. The molecule has 6 nitrogen and oxygen atoms in total. The summed E-state index contributed by atoms with van der Waals surface area (Å²) < 4.78 is 0. The van der Waals surface area contributed by atoms with Gasteiger partial charge in [0.15, 0.2) is 0 Å². The number of aromatic amines is 1. The van der Waals surface area contributed by atoms with Crippen molar-refractivity contribution in [2.75, 3.05) is 11.5 Å². The quantitative estimate of drug-likeness (QED) is 0.795. The number of aliphatic carboxylic acids is 1. The average Bonchev–Trinajstić information content (AvgIpc) is 2.91. The van der Waals surface area contributed by atoms with Gasteiger partial charge in [0, 0.05) is 17.8 Å². The van der Waals surface area contributed by atoms with E-state index in [4.69, 9.17) is 0 Å². The number of H-pyrrole nitrogens is 1. The molecule has 0 bridgehead atoms. The summed E-state index contributed by atoms with van der Waals surface area (Å²) in [5.41, 5.74) is 0.436. The Morgan fingerprint density at radius 3 is 2.91 bits per heavy atom. The normalized spacial score (nSPS) is 17.3. The Kier molecular flexibility index (Phi) is 4.06. The summed E-state index contributed by atoms with van der Waals surface area (Å²) in [5, 5.41) is 13.1. The van der Waals surface area contributed by atoms with Gasteiger partial charge in [0.2, 0.25) is 5.91 Å². The molecule has 0 spiro atoms. The molecule has 1 amide bonds. The van der Waals surface area contributed by atoms with Crippen LogP contribution in [0.5, 0.6) is 0 Å². The van der Waals surface area contributed by atoms with Crippen molar-refractivity contribution >= 4 is 34.7 Å². The average molecular weight is 319 g/mol. The van der Waals surface area contributed by atoms with Gasteiger partial charge in [0.1, 0.15) is 11.2 Å². The van der Waals surface area contributed by atoms with Crippen LogP contribution in [-0.2, 0) is 16.0 Å². The van der Waals surface area contributed by atoms with Crippen LogP contribution in [0.4, 0.5) is 0 Å². The van der Waals surface area contributed by atoms with E-state index < -0.39 is 11.5 Å². The Morgan fingerprint density at radius 2 is 2.18 bits per heavy atom. The minimum absolute atomic E-state index is 0.147. The predicted octanol–water partition coefficient (Wildman–Crippen LogP) is 1.57.